The molecule has 7 nitrogen and oxygen atoms in total. The molecule has 238 valence electrons. The summed E-state index contributed by atoms with van der Waals surface area (Å²) in [7, 11) is 3.49. The van der Waals surface area contributed by atoms with Crippen molar-refractivity contribution in [3.05, 3.63) is 63.6 Å². The average Bonchev–Trinajstić information content (AvgIpc) is 3.35. The van der Waals surface area contributed by atoms with Crippen molar-refractivity contribution in [1.29, 1.82) is 0 Å². The number of carbonyl (C=O) groups excluding carboxylic acids is 1. The normalized spacial score (nSPS) is 20.4. The van der Waals surface area contributed by atoms with E-state index in [9.17, 15) is 31.1 Å². The molecular formula is C30H32F6N4O3S. The summed E-state index contributed by atoms with van der Waals surface area (Å²) in [6.07, 6.45) is -5.95. The number of hydrogen-bond donors (Lipinski definition) is 0. The highest BCUT2D eigenvalue weighted by atomic mass is 32.2. The first-order chi connectivity index (χ1) is 20.8. The van der Waals surface area contributed by atoms with Crippen LogP contribution in [0.5, 0.6) is 11.5 Å². The largest absolute Gasteiger partial charge is 0.493 e. The zero-order valence-corrected chi connectivity index (χ0v) is 25.0. The number of hydrogen-bond acceptors (Lipinski definition) is 7. The van der Waals surface area contributed by atoms with Gasteiger partial charge in [-0.1, -0.05) is 12.1 Å². The van der Waals surface area contributed by atoms with Crippen molar-refractivity contribution < 1.29 is 40.6 Å². The van der Waals surface area contributed by atoms with Gasteiger partial charge in [0.2, 0.25) is 0 Å². The van der Waals surface area contributed by atoms with Crippen molar-refractivity contribution in [2.75, 3.05) is 53.4 Å². The Morgan fingerprint density at radius 2 is 1.64 bits per heavy atom. The highest BCUT2D eigenvalue weighted by Crippen LogP contribution is 2.39. The fraction of sp³-hybridized carbons (Fsp3) is 0.467. The molecule has 0 saturated carbocycles. The molecule has 0 radical (unpaired) electrons. The number of piperazine rings is 1. The van der Waals surface area contributed by atoms with Crippen LogP contribution in [0.1, 0.15) is 35.1 Å². The second-order valence-electron chi connectivity index (χ2n) is 10.9. The first-order valence-electron chi connectivity index (χ1n) is 14.1. The zero-order chi connectivity index (χ0) is 31.6. The summed E-state index contributed by atoms with van der Waals surface area (Å²) in [6.45, 7) is 4.97. The average molecular weight is 643 g/mol. The minimum absolute atomic E-state index is 0.0767. The molecule has 3 heterocycles. The summed E-state index contributed by atoms with van der Waals surface area (Å²) in [5, 5.41) is 0.660. The number of ether oxygens (including phenoxy) is 2. The lowest BCUT2D eigenvalue weighted by Crippen LogP contribution is -2.53. The number of benzene rings is 2. The van der Waals surface area contributed by atoms with E-state index in [0.717, 1.165) is 58.2 Å². The van der Waals surface area contributed by atoms with E-state index in [1.54, 1.807) is 18.2 Å². The highest BCUT2D eigenvalue weighted by molar-refractivity contribution is 8.18. The van der Waals surface area contributed by atoms with Crippen LogP contribution in [-0.4, -0.2) is 85.2 Å². The van der Waals surface area contributed by atoms with E-state index in [-0.39, 0.29) is 23.5 Å². The van der Waals surface area contributed by atoms with Crippen LogP contribution in [0.3, 0.4) is 0 Å². The van der Waals surface area contributed by atoms with Crippen molar-refractivity contribution in [1.82, 2.24) is 14.7 Å². The van der Waals surface area contributed by atoms with Gasteiger partial charge in [-0.25, -0.2) is 0 Å². The number of likely N-dealkylation sites (tertiary alicyclic amines) is 1. The maximum atomic E-state index is 13.5. The molecule has 0 unspecified atom stereocenters. The Morgan fingerprint density at radius 3 is 2.27 bits per heavy atom. The fourth-order valence-electron chi connectivity index (χ4n) is 5.51. The van der Waals surface area contributed by atoms with E-state index in [1.165, 1.54) is 24.9 Å². The van der Waals surface area contributed by atoms with Gasteiger partial charge in [0, 0.05) is 37.8 Å². The lowest BCUT2D eigenvalue weighted by atomic mass is 10.0. The number of alkyl halides is 6. The summed E-state index contributed by atoms with van der Waals surface area (Å²) in [5.74, 6) is -0.0852. The van der Waals surface area contributed by atoms with E-state index >= 15 is 0 Å². The van der Waals surface area contributed by atoms with Crippen LogP contribution >= 0.6 is 11.8 Å². The topological polar surface area (TPSA) is 57.6 Å². The summed E-state index contributed by atoms with van der Waals surface area (Å²) in [5.41, 5.74) is -2.70. The maximum absolute atomic E-state index is 13.5. The Morgan fingerprint density at radius 1 is 0.932 bits per heavy atom. The summed E-state index contributed by atoms with van der Waals surface area (Å²) >= 11 is 1.29. The molecule has 14 heteroatoms. The second-order valence-corrected chi connectivity index (χ2v) is 11.9. The van der Waals surface area contributed by atoms with Crippen molar-refractivity contribution in [3.63, 3.8) is 0 Å². The Balaban J connectivity index is 1.22. The Bertz CT molecular complexity index is 1430. The molecule has 0 bridgehead atoms. The molecule has 3 aliphatic heterocycles. The Labute approximate surface area is 255 Å². The third-order valence-corrected chi connectivity index (χ3v) is 9.05. The predicted molar refractivity (Wildman–Crippen MR) is 155 cm³/mol. The highest BCUT2D eigenvalue weighted by Gasteiger charge is 2.38. The molecule has 2 saturated heterocycles. The van der Waals surface area contributed by atoms with Gasteiger partial charge >= 0.3 is 12.4 Å². The number of thioether (sulfide) groups is 1. The number of nitrogens with zero attached hydrogens (tertiary/aromatic N) is 4. The molecule has 0 spiro atoms. The monoisotopic (exact) mass is 642 g/mol. The molecule has 5 rings (SSSR count). The van der Waals surface area contributed by atoms with Gasteiger partial charge in [0.05, 0.1) is 23.1 Å². The number of halogens is 6. The zero-order valence-electron chi connectivity index (χ0n) is 24.2. The molecule has 0 aromatic heterocycles. The van der Waals surface area contributed by atoms with Crippen LogP contribution in [0.2, 0.25) is 0 Å². The number of aliphatic imine (C=N–C) groups is 1. The van der Waals surface area contributed by atoms with E-state index in [2.05, 4.69) is 26.7 Å². The molecule has 0 atom stereocenters. The van der Waals surface area contributed by atoms with Crippen LogP contribution in [0.25, 0.3) is 6.08 Å². The first kappa shape index (κ1) is 32.2. The maximum Gasteiger partial charge on any atom is 0.416 e. The minimum atomic E-state index is -5.01. The molecular weight excluding hydrogens is 610 g/mol. The van der Waals surface area contributed by atoms with Crippen LogP contribution in [-0.2, 0) is 23.8 Å². The second kappa shape index (κ2) is 13.0. The summed E-state index contributed by atoms with van der Waals surface area (Å²) in [6, 6.07) is 6.64. The minimum Gasteiger partial charge on any atom is -0.493 e. The lowest BCUT2D eigenvalue weighted by molar-refractivity contribution is -0.143. The standard InChI is InChI=1S/C30H32F6N4O3S/c1-38-9-7-22(8-10-38)39-11-13-40(14-12-39)28-37-27(41)26(44-28)16-19-3-6-24(25(15-19)42-2)43-18-20-4-5-21(29(31,32)33)17-23(20)30(34,35)36/h3-6,15-17,22H,7-14,18H2,1-2H3/b26-16-. The number of rotatable bonds is 6. The number of amidine groups is 1. The molecule has 3 aliphatic rings. The van der Waals surface area contributed by atoms with Gasteiger partial charge in [-0.2, -0.15) is 31.3 Å². The summed E-state index contributed by atoms with van der Waals surface area (Å²) in [4.78, 5) is 24.4. The number of amides is 1. The smallest absolute Gasteiger partial charge is 0.416 e. The van der Waals surface area contributed by atoms with Gasteiger partial charge in [-0.3, -0.25) is 9.69 Å². The molecule has 44 heavy (non-hydrogen) atoms. The quantitative estimate of drug-likeness (QED) is 0.283. The van der Waals surface area contributed by atoms with E-state index in [4.69, 9.17) is 9.47 Å². The van der Waals surface area contributed by atoms with Gasteiger partial charge in [0.25, 0.3) is 5.91 Å². The van der Waals surface area contributed by atoms with Gasteiger partial charge < -0.3 is 19.3 Å². The van der Waals surface area contributed by atoms with E-state index < -0.39 is 35.6 Å². The van der Waals surface area contributed by atoms with Gasteiger partial charge in [0.1, 0.15) is 6.61 Å². The SMILES string of the molecule is COc1cc(/C=C2\SC(N3CCN(C4CCN(C)CC4)CC3)=NC2=O)ccc1OCc1ccc(C(F)(F)F)cc1C(F)(F)F. The van der Waals surface area contributed by atoms with Crippen LogP contribution in [0.4, 0.5) is 26.3 Å². The van der Waals surface area contributed by atoms with Gasteiger partial charge in [0.15, 0.2) is 16.7 Å². The lowest BCUT2D eigenvalue weighted by Gasteiger charge is -2.42. The van der Waals surface area contributed by atoms with Crippen LogP contribution in [0.15, 0.2) is 46.3 Å². The molecule has 2 aromatic rings. The van der Waals surface area contributed by atoms with Gasteiger partial charge in [-0.15, -0.1) is 0 Å². The number of piperidine rings is 1. The molecule has 2 aromatic carbocycles. The first-order valence-corrected chi connectivity index (χ1v) is 14.9. The molecule has 0 aliphatic carbocycles. The Hall–Kier alpha value is -3.23. The predicted octanol–water partition coefficient (Wildman–Crippen LogP) is 5.99. The van der Waals surface area contributed by atoms with Gasteiger partial charge in [-0.05, 0) is 80.6 Å². The van der Waals surface area contributed by atoms with Crippen LogP contribution < -0.4 is 9.47 Å². The van der Waals surface area contributed by atoms with Crippen molar-refractivity contribution in [2.24, 2.45) is 4.99 Å². The fourth-order valence-corrected chi connectivity index (χ4v) is 6.48. The van der Waals surface area contributed by atoms with E-state index in [1.807, 2.05) is 0 Å². The van der Waals surface area contributed by atoms with E-state index in [0.29, 0.717) is 27.7 Å². The Kier molecular flexibility index (Phi) is 9.52. The number of carbonyl (C=O) groups is 1. The third kappa shape index (κ3) is 7.52. The van der Waals surface area contributed by atoms with Crippen molar-refractivity contribution in [3.8, 4) is 11.5 Å². The molecule has 2 fully saturated rings. The van der Waals surface area contributed by atoms with Crippen molar-refractivity contribution >= 4 is 28.9 Å². The molecule has 0 N–H and O–H groups in total. The number of methoxy groups -OCH3 is 1. The third-order valence-electron chi connectivity index (χ3n) is 8.01. The molecule has 1 amide bonds. The summed E-state index contributed by atoms with van der Waals surface area (Å²) < 4.78 is 90.4. The van der Waals surface area contributed by atoms with Crippen LogP contribution in [0, 0.1) is 0 Å². The van der Waals surface area contributed by atoms with Crippen molar-refractivity contribution in [2.45, 2.75) is 37.8 Å².